The van der Waals surface area contributed by atoms with Crippen LogP contribution in [-0.4, -0.2) is 28.5 Å². The Kier molecular flexibility index (Phi) is 9.98. The molecule has 0 radical (unpaired) electrons. The molecule has 0 fully saturated rings. The fourth-order valence-corrected chi connectivity index (χ4v) is 6.00. The molecule has 0 saturated carbocycles. The first-order valence-corrected chi connectivity index (χ1v) is 16.2. The molecule has 0 spiro atoms. The zero-order chi connectivity index (χ0) is 29.3. The molecule has 5 rings (SSSR count). The number of anilines is 2. The van der Waals surface area contributed by atoms with Gasteiger partial charge >= 0.3 is 0 Å². The van der Waals surface area contributed by atoms with Crippen LogP contribution in [0, 0.1) is 0 Å². The lowest BCUT2D eigenvalue weighted by atomic mass is 10.2. The lowest BCUT2D eigenvalue weighted by molar-refractivity contribution is -0.114. The maximum Gasteiger partial charge on any atom is 0.272 e. The molecule has 0 bridgehead atoms. The third-order valence-electron chi connectivity index (χ3n) is 5.76. The van der Waals surface area contributed by atoms with Crippen molar-refractivity contribution in [2.45, 2.75) is 4.90 Å². The van der Waals surface area contributed by atoms with Gasteiger partial charge in [-0.25, -0.2) is 4.98 Å². The first-order chi connectivity index (χ1) is 20.4. The molecule has 0 saturated heterocycles. The highest BCUT2D eigenvalue weighted by atomic mass is 79.9. The van der Waals surface area contributed by atoms with Gasteiger partial charge in [0, 0.05) is 31.6 Å². The highest BCUT2D eigenvalue weighted by Crippen LogP contribution is 2.27. The number of hydrogen-bond donors (Lipinski definition) is 3. The molecule has 0 unspecified atom stereocenters. The monoisotopic (exact) mass is 674 g/mol. The van der Waals surface area contributed by atoms with E-state index in [1.807, 2.05) is 64.7 Å². The second-order valence-electron chi connectivity index (χ2n) is 8.79. The van der Waals surface area contributed by atoms with Crippen LogP contribution in [-0.2, 0) is 9.59 Å². The van der Waals surface area contributed by atoms with Crippen LogP contribution >= 0.6 is 50.4 Å². The highest BCUT2D eigenvalue weighted by Gasteiger charge is 2.15. The number of thioether (sulfide) groups is 1. The van der Waals surface area contributed by atoms with Crippen LogP contribution in [0.3, 0.4) is 0 Å². The minimum atomic E-state index is -0.448. The van der Waals surface area contributed by atoms with Crippen LogP contribution < -0.4 is 16.0 Å². The standard InChI is InChI=1S/C31H23BrN4O3S3/c32-23-8-6-21(7-9-23)27-18-42-31(35-27)36-28(37)19-41-25-12-10-24(11-13-25)33-30(39)26(16-20-14-15-40-17-20)34-29(38)22-4-2-1-3-5-22/h1-18H,19H2,(H,33,39)(H,34,38)(H,35,36,37)/b26-16-. The van der Waals surface area contributed by atoms with Gasteiger partial charge in [-0.15, -0.1) is 23.1 Å². The summed E-state index contributed by atoms with van der Waals surface area (Å²) in [7, 11) is 0. The highest BCUT2D eigenvalue weighted by molar-refractivity contribution is 9.10. The lowest BCUT2D eigenvalue weighted by Gasteiger charge is -2.11. The zero-order valence-corrected chi connectivity index (χ0v) is 25.9. The summed E-state index contributed by atoms with van der Waals surface area (Å²) >= 11 is 7.68. The van der Waals surface area contributed by atoms with Gasteiger partial charge in [-0.1, -0.05) is 46.3 Å². The maximum atomic E-state index is 13.1. The molecule has 11 heteroatoms. The van der Waals surface area contributed by atoms with Gasteiger partial charge in [0.1, 0.15) is 5.70 Å². The second-order valence-corrected chi connectivity index (χ2v) is 12.4. The van der Waals surface area contributed by atoms with Crippen molar-refractivity contribution >= 4 is 85.0 Å². The Balaban J connectivity index is 1.15. The predicted molar refractivity (Wildman–Crippen MR) is 176 cm³/mol. The van der Waals surface area contributed by atoms with E-state index in [1.54, 1.807) is 42.5 Å². The molecule has 3 N–H and O–H groups in total. The first-order valence-electron chi connectivity index (χ1n) is 12.6. The molecular weight excluding hydrogens is 652 g/mol. The normalized spacial score (nSPS) is 11.1. The average molecular weight is 676 g/mol. The summed E-state index contributed by atoms with van der Waals surface area (Å²) in [6, 6.07) is 25.6. The third kappa shape index (κ3) is 8.26. The van der Waals surface area contributed by atoms with Crippen molar-refractivity contribution in [1.82, 2.24) is 10.3 Å². The summed E-state index contributed by atoms with van der Waals surface area (Å²) in [5.41, 5.74) is 3.73. The van der Waals surface area contributed by atoms with Crippen LogP contribution in [0.2, 0.25) is 0 Å². The Morgan fingerprint density at radius 1 is 0.881 bits per heavy atom. The number of amides is 3. The molecular formula is C31H23BrN4O3S3. The van der Waals surface area contributed by atoms with Crippen molar-refractivity contribution in [2.75, 3.05) is 16.4 Å². The minimum Gasteiger partial charge on any atom is -0.321 e. The van der Waals surface area contributed by atoms with Gasteiger partial charge in [0.15, 0.2) is 5.13 Å². The van der Waals surface area contributed by atoms with Crippen molar-refractivity contribution in [1.29, 1.82) is 0 Å². The van der Waals surface area contributed by atoms with Gasteiger partial charge in [-0.3, -0.25) is 14.4 Å². The minimum absolute atomic E-state index is 0.128. The van der Waals surface area contributed by atoms with E-state index in [4.69, 9.17) is 0 Å². The van der Waals surface area contributed by atoms with E-state index in [1.165, 1.54) is 34.4 Å². The lowest BCUT2D eigenvalue weighted by Crippen LogP contribution is -2.30. The number of halogens is 1. The van der Waals surface area contributed by atoms with Crippen LogP contribution in [0.5, 0.6) is 0 Å². The number of nitrogens with one attached hydrogen (secondary N) is 3. The Morgan fingerprint density at radius 3 is 2.36 bits per heavy atom. The molecule has 3 aromatic carbocycles. The smallest absolute Gasteiger partial charge is 0.272 e. The van der Waals surface area contributed by atoms with E-state index in [0.717, 1.165) is 26.2 Å². The Morgan fingerprint density at radius 2 is 1.64 bits per heavy atom. The summed E-state index contributed by atoms with van der Waals surface area (Å²) in [5, 5.41) is 14.7. The van der Waals surface area contributed by atoms with Crippen molar-refractivity contribution in [3.8, 4) is 11.3 Å². The first kappa shape index (κ1) is 29.5. The molecule has 210 valence electrons. The van der Waals surface area contributed by atoms with Crippen LogP contribution in [0.15, 0.2) is 116 Å². The molecule has 0 aliphatic heterocycles. The van der Waals surface area contributed by atoms with E-state index in [0.29, 0.717) is 16.4 Å². The van der Waals surface area contributed by atoms with Gasteiger partial charge in [0.2, 0.25) is 5.91 Å². The molecule has 3 amide bonds. The summed E-state index contributed by atoms with van der Waals surface area (Å²) in [5.74, 6) is -0.778. The van der Waals surface area contributed by atoms with Crippen LogP contribution in [0.1, 0.15) is 15.9 Å². The number of benzene rings is 3. The zero-order valence-electron chi connectivity index (χ0n) is 21.9. The van der Waals surface area contributed by atoms with Crippen molar-refractivity contribution in [2.24, 2.45) is 0 Å². The summed E-state index contributed by atoms with van der Waals surface area (Å²) in [6.07, 6.45) is 1.64. The van der Waals surface area contributed by atoms with Crippen LogP contribution in [0.25, 0.3) is 17.3 Å². The summed E-state index contributed by atoms with van der Waals surface area (Å²) in [4.78, 5) is 43.8. The molecule has 2 aromatic heterocycles. The summed E-state index contributed by atoms with van der Waals surface area (Å²) < 4.78 is 0.991. The number of nitrogens with zero attached hydrogens (tertiary/aromatic N) is 1. The van der Waals surface area contributed by atoms with Gasteiger partial charge in [-0.05, 0) is 77.0 Å². The SMILES string of the molecule is O=C(CSc1ccc(NC(=O)/C(=C/c2ccsc2)NC(=O)c2ccccc2)cc1)Nc1nc(-c2ccc(Br)cc2)cs1. The van der Waals surface area contributed by atoms with Gasteiger partial charge in [-0.2, -0.15) is 11.3 Å². The van der Waals surface area contributed by atoms with Crippen molar-refractivity contribution in [3.05, 3.63) is 122 Å². The maximum absolute atomic E-state index is 13.1. The average Bonchev–Trinajstić information content (AvgIpc) is 3.70. The van der Waals surface area contributed by atoms with Gasteiger partial charge in [0.25, 0.3) is 11.8 Å². The van der Waals surface area contributed by atoms with Crippen molar-refractivity contribution in [3.63, 3.8) is 0 Å². The van der Waals surface area contributed by atoms with E-state index in [2.05, 4.69) is 36.9 Å². The van der Waals surface area contributed by atoms with E-state index in [9.17, 15) is 14.4 Å². The Hall–Kier alpha value is -4.03. The van der Waals surface area contributed by atoms with E-state index >= 15 is 0 Å². The van der Waals surface area contributed by atoms with Crippen LogP contribution in [0.4, 0.5) is 10.8 Å². The molecule has 7 nitrogen and oxygen atoms in total. The second kappa shape index (κ2) is 14.2. The number of thiophene rings is 1. The molecule has 42 heavy (non-hydrogen) atoms. The van der Waals surface area contributed by atoms with E-state index < -0.39 is 5.91 Å². The number of thiazole rings is 1. The number of rotatable bonds is 10. The fraction of sp³-hybridized carbons (Fsp3) is 0.0323. The number of hydrogen-bond acceptors (Lipinski definition) is 7. The van der Waals surface area contributed by atoms with Gasteiger partial charge in [0.05, 0.1) is 11.4 Å². The topological polar surface area (TPSA) is 100 Å². The quantitative estimate of drug-likeness (QED) is 0.104. The fourth-order valence-electron chi connectivity index (χ4n) is 3.69. The number of carbonyl (C=O) groups excluding carboxylic acids is 3. The Bertz CT molecular complexity index is 1700. The van der Waals surface area contributed by atoms with Gasteiger partial charge < -0.3 is 16.0 Å². The molecule has 5 aromatic rings. The molecule has 0 atom stereocenters. The summed E-state index contributed by atoms with van der Waals surface area (Å²) in [6.45, 7) is 0. The Labute approximate surface area is 263 Å². The third-order valence-corrected chi connectivity index (χ3v) is 8.76. The largest absolute Gasteiger partial charge is 0.321 e. The molecule has 0 aliphatic carbocycles. The molecule has 2 heterocycles. The van der Waals surface area contributed by atoms with Crippen molar-refractivity contribution < 1.29 is 14.4 Å². The number of carbonyl (C=O) groups is 3. The predicted octanol–water partition coefficient (Wildman–Crippen LogP) is 7.77. The van der Waals surface area contributed by atoms with E-state index in [-0.39, 0.29) is 23.3 Å². The molecule has 0 aliphatic rings. The number of aromatic nitrogens is 1.